The third kappa shape index (κ3) is 9.59. The van der Waals surface area contributed by atoms with Gasteiger partial charge in [-0.2, -0.15) is 0 Å². The Balaban J connectivity index is 0.00000549. The van der Waals surface area contributed by atoms with Gasteiger partial charge in [-0.1, -0.05) is 11.8 Å². The van der Waals surface area contributed by atoms with Crippen LogP contribution in [-0.2, 0) is 10.1 Å². The van der Waals surface area contributed by atoms with E-state index in [-0.39, 0.29) is 75.3 Å². The Labute approximate surface area is 397 Å². The van der Waals surface area contributed by atoms with Crippen LogP contribution < -0.4 is 103 Å². The molecule has 0 radical (unpaired) electrons. The minimum absolute atomic E-state index is 0. The van der Waals surface area contributed by atoms with Gasteiger partial charge in [0.2, 0.25) is 0 Å². The molecule has 13 heteroatoms. The van der Waals surface area contributed by atoms with E-state index < -0.39 is 15.4 Å². The van der Waals surface area contributed by atoms with Gasteiger partial charge in [0.05, 0.1) is 49.9 Å². The predicted octanol–water partition coefficient (Wildman–Crippen LogP) is 7.59. The summed E-state index contributed by atoms with van der Waals surface area (Å²) < 4.78 is 57.9. The van der Waals surface area contributed by atoms with E-state index in [1.807, 2.05) is 97.1 Å². The van der Waals surface area contributed by atoms with E-state index in [4.69, 9.17) is 18.9 Å². The number of hydrogen-bond acceptors (Lipinski definition) is 11. The van der Waals surface area contributed by atoms with Crippen LogP contribution in [0.3, 0.4) is 0 Å². The molecule has 10 nitrogen and oxygen atoms in total. The van der Waals surface area contributed by atoms with Crippen LogP contribution in [0.15, 0.2) is 143 Å². The van der Waals surface area contributed by atoms with Crippen LogP contribution in [0.2, 0.25) is 0 Å². The normalized spacial score (nSPS) is 12.4. The Morgan fingerprint density at radius 1 is 0.544 bits per heavy atom. The molecule has 6 aromatic rings. The summed E-state index contributed by atoms with van der Waals surface area (Å²) in [7, 11) is 2.11. The third-order valence-electron chi connectivity index (χ3n) is 9.78. The van der Waals surface area contributed by atoms with Crippen molar-refractivity contribution in [1.29, 1.82) is 0 Å². The fraction of sp³-hybridized carbons (Fsp3) is 0.182. The third-order valence-corrected chi connectivity index (χ3v) is 12.1. The van der Waals surface area contributed by atoms with Gasteiger partial charge < -0.3 is 38.2 Å². The first kappa shape index (κ1) is 42.8. The number of nitrogens with zero attached hydrogens (tertiary/aromatic N) is 3. The van der Waals surface area contributed by atoms with Gasteiger partial charge in [-0.25, -0.2) is 8.42 Å². The molecule has 1 aliphatic rings. The zero-order chi connectivity index (χ0) is 39.4. The molecule has 1 heterocycles. The van der Waals surface area contributed by atoms with Crippen molar-refractivity contribution in [2.75, 3.05) is 49.7 Å². The van der Waals surface area contributed by atoms with Crippen LogP contribution in [0.1, 0.15) is 13.3 Å². The van der Waals surface area contributed by atoms with Crippen LogP contribution >= 0.6 is 11.8 Å². The van der Waals surface area contributed by atoms with Gasteiger partial charge in [0, 0.05) is 55.7 Å². The smallest absolute Gasteiger partial charge is 0.748 e. The van der Waals surface area contributed by atoms with Gasteiger partial charge in [-0.15, -0.1) is 0 Å². The molecule has 7 rings (SSSR count). The van der Waals surface area contributed by atoms with Gasteiger partial charge in [0.25, 0.3) is 0 Å². The Hall–Kier alpha value is -3.77. The fourth-order valence-corrected chi connectivity index (χ4v) is 8.21. The second-order valence-corrected chi connectivity index (χ2v) is 16.0. The molecule has 1 atom stereocenters. The molecule has 0 aliphatic carbocycles. The number of ether oxygens (including phenoxy) is 4. The molecule has 1 aliphatic heterocycles. The van der Waals surface area contributed by atoms with E-state index in [9.17, 15) is 13.0 Å². The van der Waals surface area contributed by atoms with Crippen molar-refractivity contribution in [2.45, 2.75) is 28.4 Å². The summed E-state index contributed by atoms with van der Waals surface area (Å²) >= 11 is 1.64. The van der Waals surface area contributed by atoms with E-state index >= 15 is 0 Å². The molecule has 0 saturated heterocycles. The zero-order valence-electron chi connectivity index (χ0n) is 32.7. The summed E-state index contributed by atoms with van der Waals surface area (Å²) in [5, 5.41) is -1.05. The Kier molecular flexibility index (Phi) is 14.2. The van der Waals surface area contributed by atoms with Crippen LogP contribution in [0, 0.1) is 0 Å². The Morgan fingerprint density at radius 2 is 0.842 bits per heavy atom. The summed E-state index contributed by atoms with van der Waals surface area (Å²) in [6.07, 6.45) is 0.159. The Morgan fingerprint density at radius 3 is 1.12 bits per heavy atom. The van der Waals surface area contributed by atoms with Crippen molar-refractivity contribution >= 4 is 67.4 Å². The summed E-state index contributed by atoms with van der Waals surface area (Å²) in [4.78, 5) is 8.38. The number of anilines is 8. The zero-order valence-corrected chi connectivity index (χ0v) is 40.6. The predicted molar refractivity (Wildman–Crippen MR) is 223 cm³/mol. The van der Waals surface area contributed by atoms with E-state index in [0.717, 1.165) is 78.3 Å². The topological polar surface area (TPSA) is 104 Å². The molecule has 1 unspecified atom stereocenters. The van der Waals surface area contributed by atoms with Gasteiger partial charge in [0.1, 0.15) is 23.0 Å². The number of methoxy groups -OCH3 is 4. The largest absolute Gasteiger partial charge is 1.00 e. The molecule has 6 aromatic carbocycles. The van der Waals surface area contributed by atoms with Crippen LogP contribution in [0.4, 0.5) is 45.5 Å². The van der Waals surface area contributed by atoms with Crippen LogP contribution in [0.5, 0.6) is 23.0 Å². The number of fused-ring (bicyclic) bond motifs is 2. The first-order chi connectivity index (χ1) is 27.1. The average Bonchev–Trinajstić information content (AvgIpc) is 3.23. The van der Waals surface area contributed by atoms with Crippen molar-refractivity contribution in [3.8, 4) is 23.0 Å². The Bertz CT molecular complexity index is 2160. The van der Waals surface area contributed by atoms with E-state index in [0.29, 0.717) is 6.54 Å². The number of hydrogen-bond donors (Lipinski definition) is 0. The minimum atomic E-state index is -4.47. The number of benzene rings is 6. The molecule has 0 amide bonds. The molecule has 288 valence electrons. The molecule has 0 saturated carbocycles. The molecule has 0 aromatic heterocycles. The SMILES string of the molecule is COc1ccc(N(c2ccc(OC)cc2)c2ccc3c(c2)Sc2cc(N(c4ccc(OC)cc4)c4ccc(OC)cc4)ccc2N3CCC(C)S(=O)(=O)[O-])cc1.[Cs+]. The van der Waals surface area contributed by atoms with Crippen LogP contribution in [0.25, 0.3) is 0 Å². The fourth-order valence-electron chi connectivity index (χ4n) is 6.66. The van der Waals surface area contributed by atoms with E-state index in [1.165, 1.54) is 6.92 Å². The van der Waals surface area contributed by atoms with Crippen molar-refractivity contribution in [3.63, 3.8) is 0 Å². The van der Waals surface area contributed by atoms with Crippen LogP contribution in [-0.4, -0.2) is 53.2 Å². The van der Waals surface area contributed by atoms with Gasteiger partial charge in [0.15, 0.2) is 0 Å². The maximum Gasteiger partial charge on any atom is 1.00 e. The molecule has 0 fully saturated rings. The quantitative estimate of drug-likeness (QED) is 0.101. The monoisotopic (exact) mass is 921 g/mol. The maximum atomic E-state index is 12.0. The standard InChI is InChI=1S/C44H43N3O7S2.Cs/c1-30(56(48,49)50)26-27-45-41-24-14-35(46(31-6-16-37(51-2)17-7-31)32-8-18-38(52-3)19-9-32)28-43(41)55-44-29-36(15-25-42(44)45)47(33-10-20-39(53-4)21-11-33)34-12-22-40(54-5)23-13-34;/h6-25,28-30H,26-27H2,1-5H3,(H,48,49,50);/q;+1/p-1. The van der Waals surface area contributed by atoms with Gasteiger partial charge >= 0.3 is 68.9 Å². The van der Waals surface area contributed by atoms with Crippen molar-refractivity contribution in [3.05, 3.63) is 133 Å². The molecule has 0 spiro atoms. The van der Waals surface area contributed by atoms with Gasteiger partial charge in [-0.3, -0.25) is 0 Å². The first-order valence-electron chi connectivity index (χ1n) is 17.9. The molecule has 57 heavy (non-hydrogen) atoms. The summed E-state index contributed by atoms with van der Waals surface area (Å²) in [6, 6.07) is 44.1. The molecule has 0 bridgehead atoms. The summed E-state index contributed by atoms with van der Waals surface area (Å²) in [6.45, 7) is 1.79. The average molecular weight is 922 g/mol. The number of rotatable bonds is 14. The maximum absolute atomic E-state index is 12.0. The van der Waals surface area contributed by atoms with Crippen molar-refractivity contribution in [2.24, 2.45) is 0 Å². The van der Waals surface area contributed by atoms with Crippen molar-refractivity contribution in [1.82, 2.24) is 0 Å². The van der Waals surface area contributed by atoms with E-state index in [2.05, 4.69) is 51.1 Å². The first-order valence-corrected chi connectivity index (χ1v) is 20.2. The second-order valence-electron chi connectivity index (χ2n) is 13.1. The summed E-state index contributed by atoms with van der Waals surface area (Å²) in [5.41, 5.74) is 7.39. The second kappa shape index (κ2) is 18.9. The molecule has 0 N–H and O–H groups in total. The van der Waals surface area contributed by atoms with Crippen molar-refractivity contribution < 1.29 is 101 Å². The summed E-state index contributed by atoms with van der Waals surface area (Å²) in [5.74, 6) is 3.00. The molecular formula is C44H42CsN3O7S2. The van der Waals surface area contributed by atoms with Gasteiger partial charge in [-0.05, 0) is 147 Å². The molecular weight excluding hydrogens is 880 g/mol. The minimum Gasteiger partial charge on any atom is -0.748 e. The van der Waals surface area contributed by atoms with E-state index in [1.54, 1.807) is 40.2 Å².